The van der Waals surface area contributed by atoms with Gasteiger partial charge in [-0.1, -0.05) is 40.6 Å². The Morgan fingerprint density at radius 1 is 1.20 bits per heavy atom. The van der Waals surface area contributed by atoms with Gasteiger partial charge >= 0.3 is 0 Å². The molecule has 7 heteroatoms. The zero-order valence-corrected chi connectivity index (χ0v) is 9.70. The molecule has 0 fully saturated rings. The van der Waals surface area contributed by atoms with E-state index in [2.05, 4.69) is 15.6 Å². The molecule has 0 spiro atoms. The zero-order valence-electron chi connectivity index (χ0n) is 7.37. The molecule has 3 N–H and O–H groups in total. The predicted molar refractivity (Wildman–Crippen MR) is 63.2 cm³/mol. The van der Waals surface area contributed by atoms with Crippen LogP contribution >= 0.6 is 34.5 Å². The topological polar surface area (TPSA) is 63.8 Å². The molecule has 0 aliphatic heterocycles. The van der Waals surface area contributed by atoms with Crippen molar-refractivity contribution in [3.63, 3.8) is 0 Å². The number of anilines is 1. The number of benzene rings is 1. The highest BCUT2D eigenvalue weighted by Gasteiger charge is 2.12. The normalized spacial score (nSPS) is 10.3. The van der Waals surface area contributed by atoms with Crippen LogP contribution in [0.1, 0.15) is 0 Å². The molecule has 0 saturated heterocycles. The third kappa shape index (κ3) is 2.05. The molecular weight excluding hydrogens is 255 g/mol. The first kappa shape index (κ1) is 10.6. The third-order valence-electron chi connectivity index (χ3n) is 1.73. The Morgan fingerprint density at radius 3 is 2.40 bits per heavy atom. The van der Waals surface area contributed by atoms with Gasteiger partial charge in [-0.2, -0.15) is 0 Å². The number of hydrogen-bond acceptors (Lipinski definition) is 5. The first-order chi connectivity index (χ1) is 7.22. The van der Waals surface area contributed by atoms with E-state index in [0.717, 1.165) is 0 Å². The Morgan fingerprint density at radius 2 is 1.87 bits per heavy atom. The largest absolute Gasteiger partial charge is 0.298 e. The number of hydrazine groups is 1. The summed E-state index contributed by atoms with van der Waals surface area (Å²) < 4.78 is 0. The van der Waals surface area contributed by atoms with E-state index in [1.807, 2.05) is 0 Å². The maximum Gasteiger partial charge on any atom is 0.220 e. The van der Waals surface area contributed by atoms with Crippen LogP contribution in [0.15, 0.2) is 18.2 Å². The lowest BCUT2D eigenvalue weighted by Gasteiger charge is -2.01. The molecule has 0 aliphatic rings. The Bertz CT molecular complexity index is 465. The number of halogens is 2. The Balaban J connectivity index is 2.53. The number of nitrogen functional groups attached to an aromatic ring is 1. The smallest absolute Gasteiger partial charge is 0.220 e. The summed E-state index contributed by atoms with van der Waals surface area (Å²) in [6.45, 7) is 0. The Kier molecular flexibility index (Phi) is 3.06. The Labute approximate surface area is 100 Å². The fourth-order valence-electron chi connectivity index (χ4n) is 1.08. The molecule has 0 radical (unpaired) electrons. The van der Waals surface area contributed by atoms with Crippen molar-refractivity contribution >= 4 is 39.7 Å². The van der Waals surface area contributed by atoms with Gasteiger partial charge < -0.3 is 0 Å². The lowest BCUT2D eigenvalue weighted by Crippen LogP contribution is -2.05. The predicted octanol–water partition coefficient (Wildman–Crippen LogP) is 2.80. The van der Waals surface area contributed by atoms with Gasteiger partial charge in [0.2, 0.25) is 5.13 Å². The summed E-state index contributed by atoms with van der Waals surface area (Å²) >= 11 is 13.3. The molecule has 1 heterocycles. The van der Waals surface area contributed by atoms with Crippen LogP contribution in [0.4, 0.5) is 5.13 Å². The molecule has 0 amide bonds. The second-order valence-electron chi connectivity index (χ2n) is 2.65. The lowest BCUT2D eigenvalue weighted by molar-refractivity contribution is 1.08. The van der Waals surface area contributed by atoms with E-state index in [-0.39, 0.29) is 0 Å². The van der Waals surface area contributed by atoms with Crippen LogP contribution in [-0.2, 0) is 0 Å². The molecule has 0 saturated carbocycles. The molecule has 2 aromatic rings. The summed E-state index contributed by atoms with van der Waals surface area (Å²) in [6, 6.07) is 5.27. The molecule has 0 atom stereocenters. The van der Waals surface area contributed by atoms with Crippen molar-refractivity contribution in [2.45, 2.75) is 0 Å². The SMILES string of the molecule is NNc1nnc(-c2c(Cl)cccc2Cl)s1. The summed E-state index contributed by atoms with van der Waals surface area (Å²) in [5.74, 6) is 5.21. The minimum absolute atomic E-state index is 0.515. The number of aromatic nitrogens is 2. The molecule has 2 rings (SSSR count). The molecule has 0 aliphatic carbocycles. The van der Waals surface area contributed by atoms with Crippen LogP contribution in [0.2, 0.25) is 10.0 Å². The molecular formula is C8H6Cl2N4S. The summed E-state index contributed by atoms with van der Waals surface area (Å²) in [5, 5.41) is 9.98. The summed E-state index contributed by atoms with van der Waals surface area (Å²) in [5.41, 5.74) is 3.10. The number of nitrogens with one attached hydrogen (secondary N) is 1. The van der Waals surface area contributed by atoms with Gasteiger partial charge in [-0.3, -0.25) is 5.43 Å². The van der Waals surface area contributed by atoms with Crippen molar-refractivity contribution in [2.24, 2.45) is 5.84 Å². The molecule has 15 heavy (non-hydrogen) atoms. The second kappa shape index (κ2) is 4.32. The van der Waals surface area contributed by atoms with Gasteiger partial charge in [-0.05, 0) is 12.1 Å². The molecule has 78 valence electrons. The van der Waals surface area contributed by atoms with Crippen molar-refractivity contribution in [3.05, 3.63) is 28.2 Å². The van der Waals surface area contributed by atoms with Crippen molar-refractivity contribution in [2.75, 3.05) is 5.43 Å². The number of nitrogens with zero attached hydrogens (tertiary/aromatic N) is 2. The molecule has 0 bridgehead atoms. The minimum atomic E-state index is 0.515. The summed E-state index contributed by atoms with van der Waals surface area (Å²) in [7, 11) is 0. The maximum absolute atomic E-state index is 6.02. The fourth-order valence-corrected chi connectivity index (χ4v) is 2.50. The van der Waals surface area contributed by atoms with Gasteiger partial charge in [-0.25, -0.2) is 5.84 Å². The quantitative estimate of drug-likeness (QED) is 0.644. The number of hydrogen-bond donors (Lipinski definition) is 2. The van der Waals surface area contributed by atoms with Gasteiger partial charge in [0.15, 0.2) is 5.01 Å². The van der Waals surface area contributed by atoms with Crippen molar-refractivity contribution in [1.82, 2.24) is 10.2 Å². The molecule has 0 unspecified atom stereocenters. The van der Waals surface area contributed by atoms with Crippen molar-refractivity contribution < 1.29 is 0 Å². The van der Waals surface area contributed by atoms with Gasteiger partial charge in [0.05, 0.1) is 10.0 Å². The van der Waals surface area contributed by atoms with Crippen molar-refractivity contribution in [3.8, 4) is 10.6 Å². The van der Waals surface area contributed by atoms with Crippen LogP contribution in [0.25, 0.3) is 10.6 Å². The number of rotatable bonds is 2. The summed E-state index contributed by atoms with van der Waals surface area (Å²) in [4.78, 5) is 0. The van der Waals surface area contributed by atoms with Gasteiger partial charge in [0.25, 0.3) is 0 Å². The molecule has 4 nitrogen and oxygen atoms in total. The highest BCUT2D eigenvalue weighted by atomic mass is 35.5. The number of nitrogens with two attached hydrogens (primary N) is 1. The van der Waals surface area contributed by atoms with E-state index < -0.39 is 0 Å². The summed E-state index contributed by atoms with van der Waals surface area (Å²) in [6.07, 6.45) is 0. The van der Waals surface area contributed by atoms with Crippen LogP contribution in [-0.4, -0.2) is 10.2 Å². The van der Waals surface area contributed by atoms with E-state index in [1.165, 1.54) is 11.3 Å². The van der Waals surface area contributed by atoms with E-state index >= 15 is 0 Å². The first-order valence-corrected chi connectivity index (χ1v) is 5.54. The van der Waals surface area contributed by atoms with Crippen LogP contribution in [0.5, 0.6) is 0 Å². The minimum Gasteiger partial charge on any atom is -0.298 e. The van der Waals surface area contributed by atoms with Gasteiger partial charge in [0.1, 0.15) is 0 Å². The average molecular weight is 261 g/mol. The van der Waals surface area contributed by atoms with Crippen molar-refractivity contribution in [1.29, 1.82) is 0 Å². The third-order valence-corrected chi connectivity index (χ3v) is 3.23. The monoisotopic (exact) mass is 260 g/mol. The van der Waals surface area contributed by atoms with Crippen LogP contribution in [0, 0.1) is 0 Å². The maximum atomic E-state index is 6.02. The van der Waals surface area contributed by atoms with E-state index in [0.29, 0.717) is 25.7 Å². The standard InChI is InChI=1S/C8H6Cl2N4S/c9-4-2-1-3-5(10)6(4)7-13-14-8(12-11)15-7/h1-3H,11H2,(H,12,14). The Hall–Kier alpha value is -0.880. The highest BCUT2D eigenvalue weighted by Crippen LogP contribution is 2.36. The average Bonchev–Trinajstić information content (AvgIpc) is 2.66. The molecule has 1 aromatic carbocycles. The van der Waals surface area contributed by atoms with Crippen LogP contribution < -0.4 is 11.3 Å². The van der Waals surface area contributed by atoms with E-state index in [1.54, 1.807) is 18.2 Å². The van der Waals surface area contributed by atoms with Crippen LogP contribution in [0.3, 0.4) is 0 Å². The second-order valence-corrected chi connectivity index (χ2v) is 4.45. The van der Waals surface area contributed by atoms with E-state index in [9.17, 15) is 0 Å². The highest BCUT2D eigenvalue weighted by molar-refractivity contribution is 7.18. The van der Waals surface area contributed by atoms with Gasteiger partial charge in [0, 0.05) is 5.56 Å². The van der Waals surface area contributed by atoms with Gasteiger partial charge in [-0.15, -0.1) is 10.2 Å². The fraction of sp³-hybridized carbons (Fsp3) is 0. The first-order valence-electron chi connectivity index (χ1n) is 3.97. The lowest BCUT2D eigenvalue weighted by atomic mass is 10.2. The molecule has 1 aromatic heterocycles. The van der Waals surface area contributed by atoms with E-state index in [4.69, 9.17) is 29.0 Å². The zero-order chi connectivity index (χ0) is 10.8.